The van der Waals surface area contributed by atoms with Gasteiger partial charge in [0.15, 0.2) is 0 Å². The molecule has 1 aliphatic carbocycles. The standard InChI is InChI=1S/C18H36/c1-13(2)18(11)15(5,6)12-14(3,4)16(7,8)17(18,9)10/h13H,12H2,1-11H3. The molecule has 0 saturated heterocycles. The lowest BCUT2D eigenvalue weighted by Crippen LogP contribution is -2.65. The van der Waals surface area contributed by atoms with E-state index in [0.29, 0.717) is 33.0 Å². The summed E-state index contributed by atoms with van der Waals surface area (Å²) in [6, 6.07) is 0. The van der Waals surface area contributed by atoms with Crippen molar-refractivity contribution >= 4 is 0 Å². The Balaban J connectivity index is 3.55. The maximum absolute atomic E-state index is 2.54. The van der Waals surface area contributed by atoms with Crippen LogP contribution in [0.25, 0.3) is 0 Å². The molecule has 0 spiro atoms. The Morgan fingerprint density at radius 1 is 0.611 bits per heavy atom. The minimum absolute atomic E-state index is 0.319. The molecule has 0 aromatic rings. The summed E-state index contributed by atoms with van der Waals surface area (Å²) in [6.45, 7) is 27.3. The van der Waals surface area contributed by atoms with E-state index in [9.17, 15) is 0 Å². The van der Waals surface area contributed by atoms with Crippen molar-refractivity contribution < 1.29 is 0 Å². The van der Waals surface area contributed by atoms with E-state index in [1.807, 2.05) is 0 Å². The molecule has 0 N–H and O–H groups in total. The molecule has 108 valence electrons. The van der Waals surface area contributed by atoms with E-state index < -0.39 is 0 Å². The predicted molar refractivity (Wildman–Crippen MR) is 82.7 cm³/mol. The Bertz CT molecular complexity index is 328. The first kappa shape index (κ1) is 16.1. The Hall–Kier alpha value is 0. The van der Waals surface area contributed by atoms with E-state index in [1.54, 1.807) is 0 Å². The maximum atomic E-state index is 2.54. The first-order valence-electron chi connectivity index (χ1n) is 7.65. The lowest BCUT2D eigenvalue weighted by molar-refractivity contribution is -0.234. The third-order valence-electron chi connectivity index (χ3n) is 8.00. The highest BCUT2D eigenvalue weighted by molar-refractivity contribution is 5.15. The van der Waals surface area contributed by atoms with Crippen molar-refractivity contribution in [2.45, 2.75) is 82.6 Å². The molecule has 18 heavy (non-hydrogen) atoms. The van der Waals surface area contributed by atoms with Gasteiger partial charge < -0.3 is 0 Å². The zero-order valence-electron chi connectivity index (χ0n) is 14.8. The zero-order chi connectivity index (χ0) is 14.8. The van der Waals surface area contributed by atoms with Gasteiger partial charge >= 0.3 is 0 Å². The van der Waals surface area contributed by atoms with Crippen LogP contribution in [0.1, 0.15) is 82.6 Å². The van der Waals surface area contributed by atoms with Gasteiger partial charge in [-0.05, 0) is 39.4 Å². The smallest absolute Gasteiger partial charge is 0.0195 e. The van der Waals surface area contributed by atoms with E-state index in [4.69, 9.17) is 0 Å². The molecule has 1 aliphatic rings. The average Bonchev–Trinajstić information content (AvgIpc) is 2.11. The quantitative estimate of drug-likeness (QED) is 0.524. The van der Waals surface area contributed by atoms with Gasteiger partial charge in [-0.1, -0.05) is 76.2 Å². The number of hydrogen-bond acceptors (Lipinski definition) is 0. The van der Waals surface area contributed by atoms with Gasteiger partial charge in [0.05, 0.1) is 0 Å². The van der Waals surface area contributed by atoms with E-state index in [-0.39, 0.29) is 0 Å². The number of hydrogen-bond donors (Lipinski definition) is 0. The predicted octanol–water partition coefficient (Wildman–Crippen LogP) is 6.16. The lowest BCUT2D eigenvalue weighted by Gasteiger charge is -2.72. The molecule has 0 radical (unpaired) electrons. The fourth-order valence-electron chi connectivity index (χ4n) is 5.35. The van der Waals surface area contributed by atoms with Gasteiger partial charge in [0.25, 0.3) is 0 Å². The normalized spacial score (nSPS) is 36.7. The van der Waals surface area contributed by atoms with Crippen LogP contribution >= 0.6 is 0 Å². The second-order valence-corrected chi connectivity index (χ2v) is 9.55. The second-order valence-electron chi connectivity index (χ2n) is 9.55. The van der Waals surface area contributed by atoms with Crippen molar-refractivity contribution in [2.75, 3.05) is 0 Å². The monoisotopic (exact) mass is 252 g/mol. The molecule has 0 aliphatic heterocycles. The second kappa shape index (κ2) is 3.76. The highest BCUT2D eigenvalue weighted by atomic mass is 14.7. The average molecular weight is 252 g/mol. The fourth-order valence-corrected chi connectivity index (χ4v) is 5.35. The van der Waals surface area contributed by atoms with Gasteiger partial charge in [0, 0.05) is 0 Å². The first-order chi connectivity index (χ1) is 7.65. The molecule has 1 unspecified atom stereocenters. The van der Waals surface area contributed by atoms with Crippen molar-refractivity contribution in [3.63, 3.8) is 0 Å². The molecule has 1 atom stereocenters. The van der Waals surface area contributed by atoms with Crippen molar-refractivity contribution in [3.05, 3.63) is 0 Å². The van der Waals surface area contributed by atoms with Crippen LogP contribution in [0.3, 0.4) is 0 Å². The van der Waals surface area contributed by atoms with Crippen LogP contribution in [0.5, 0.6) is 0 Å². The largest absolute Gasteiger partial charge is 0.0622 e. The van der Waals surface area contributed by atoms with Crippen molar-refractivity contribution in [1.82, 2.24) is 0 Å². The Labute approximate surface area is 116 Å². The van der Waals surface area contributed by atoms with Crippen molar-refractivity contribution in [2.24, 2.45) is 33.0 Å². The van der Waals surface area contributed by atoms with Crippen LogP contribution in [-0.2, 0) is 0 Å². The molecule has 0 aromatic carbocycles. The molecule has 0 heterocycles. The van der Waals surface area contributed by atoms with Gasteiger partial charge in [-0.15, -0.1) is 0 Å². The molecule has 1 fully saturated rings. The van der Waals surface area contributed by atoms with Gasteiger partial charge in [0.2, 0.25) is 0 Å². The van der Waals surface area contributed by atoms with E-state index in [2.05, 4.69) is 76.2 Å². The van der Waals surface area contributed by atoms with Crippen LogP contribution in [0, 0.1) is 33.0 Å². The Morgan fingerprint density at radius 3 is 1.33 bits per heavy atom. The van der Waals surface area contributed by atoms with Crippen LogP contribution in [0.2, 0.25) is 0 Å². The van der Waals surface area contributed by atoms with Crippen LogP contribution in [0.15, 0.2) is 0 Å². The third-order valence-corrected chi connectivity index (χ3v) is 8.00. The fraction of sp³-hybridized carbons (Fsp3) is 1.00. The topological polar surface area (TPSA) is 0 Å². The van der Waals surface area contributed by atoms with Crippen molar-refractivity contribution in [1.29, 1.82) is 0 Å². The molecule has 1 rings (SSSR count). The summed E-state index contributed by atoms with van der Waals surface area (Å²) in [5.41, 5.74) is 1.78. The van der Waals surface area contributed by atoms with E-state index >= 15 is 0 Å². The van der Waals surface area contributed by atoms with Gasteiger partial charge in [-0.25, -0.2) is 0 Å². The van der Waals surface area contributed by atoms with Crippen LogP contribution in [-0.4, -0.2) is 0 Å². The SMILES string of the molecule is CC(C)C1(C)C(C)(C)CC(C)(C)C(C)(C)C1(C)C. The number of rotatable bonds is 1. The zero-order valence-corrected chi connectivity index (χ0v) is 14.8. The molecule has 0 aromatic heterocycles. The minimum Gasteiger partial charge on any atom is -0.0622 e. The molecular weight excluding hydrogens is 216 g/mol. The summed E-state index contributed by atoms with van der Waals surface area (Å²) in [5, 5.41) is 0. The first-order valence-corrected chi connectivity index (χ1v) is 7.65. The Kier molecular flexibility index (Phi) is 3.36. The Morgan fingerprint density at radius 2 is 1.00 bits per heavy atom. The van der Waals surface area contributed by atoms with Crippen molar-refractivity contribution in [3.8, 4) is 0 Å². The minimum atomic E-state index is 0.319. The molecule has 0 bridgehead atoms. The van der Waals surface area contributed by atoms with Crippen LogP contribution in [0.4, 0.5) is 0 Å². The summed E-state index contributed by atoms with van der Waals surface area (Å²) in [6.07, 6.45) is 1.31. The van der Waals surface area contributed by atoms with Gasteiger partial charge in [0.1, 0.15) is 0 Å². The molecule has 0 nitrogen and oxygen atoms in total. The highest BCUT2D eigenvalue weighted by Crippen LogP contribution is 2.73. The summed E-state index contributed by atoms with van der Waals surface area (Å²) < 4.78 is 0. The highest BCUT2D eigenvalue weighted by Gasteiger charge is 2.66. The summed E-state index contributed by atoms with van der Waals surface area (Å²) in [7, 11) is 0. The third kappa shape index (κ3) is 1.56. The maximum Gasteiger partial charge on any atom is -0.0195 e. The summed E-state index contributed by atoms with van der Waals surface area (Å²) in [5.74, 6) is 0.706. The lowest BCUT2D eigenvalue weighted by atomic mass is 9.33. The van der Waals surface area contributed by atoms with Gasteiger partial charge in [-0.2, -0.15) is 0 Å². The van der Waals surface area contributed by atoms with Gasteiger partial charge in [-0.3, -0.25) is 0 Å². The van der Waals surface area contributed by atoms with E-state index in [1.165, 1.54) is 6.42 Å². The molecule has 0 amide bonds. The summed E-state index contributed by atoms with van der Waals surface area (Å²) >= 11 is 0. The molecule has 0 heteroatoms. The summed E-state index contributed by atoms with van der Waals surface area (Å²) in [4.78, 5) is 0. The molecular formula is C18H36. The van der Waals surface area contributed by atoms with Crippen LogP contribution < -0.4 is 0 Å². The van der Waals surface area contributed by atoms with E-state index in [0.717, 1.165) is 0 Å². The molecule has 1 saturated carbocycles.